The van der Waals surface area contributed by atoms with E-state index in [0.717, 1.165) is 0 Å². The highest BCUT2D eigenvalue weighted by Crippen LogP contribution is 2.35. The third-order valence-corrected chi connectivity index (χ3v) is 3.36. The van der Waals surface area contributed by atoms with E-state index in [9.17, 15) is 5.11 Å². The highest BCUT2D eigenvalue weighted by Gasteiger charge is 2.12. The first-order valence-corrected chi connectivity index (χ1v) is 5.96. The number of aliphatic hydroxyl groups is 1. The number of benzene rings is 1. The molecule has 1 N–H and O–H groups in total. The minimum absolute atomic E-state index is 0.111. The van der Waals surface area contributed by atoms with E-state index >= 15 is 0 Å². The molecule has 0 aliphatic rings. The molecule has 1 aromatic carbocycles. The molecule has 0 radical (unpaired) electrons. The van der Waals surface area contributed by atoms with Crippen LogP contribution in [0.15, 0.2) is 30.5 Å². The van der Waals surface area contributed by atoms with Crippen molar-refractivity contribution in [2.24, 2.45) is 0 Å². The molecule has 2 nitrogen and oxygen atoms in total. The lowest BCUT2D eigenvalue weighted by Gasteiger charge is -2.09. The van der Waals surface area contributed by atoms with Crippen molar-refractivity contribution in [1.82, 2.24) is 4.98 Å². The molecule has 2 rings (SSSR count). The second-order valence-corrected chi connectivity index (χ2v) is 4.64. The average molecular weight is 289 g/mol. The van der Waals surface area contributed by atoms with Gasteiger partial charge < -0.3 is 5.11 Å². The van der Waals surface area contributed by atoms with Crippen molar-refractivity contribution in [1.29, 1.82) is 0 Å². The number of halogens is 3. The van der Waals surface area contributed by atoms with Gasteiger partial charge in [0.25, 0.3) is 0 Å². The molecule has 0 unspecified atom stereocenters. The summed E-state index contributed by atoms with van der Waals surface area (Å²) in [7, 11) is 0. The van der Waals surface area contributed by atoms with Crippen molar-refractivity contribution in [2.45, 2.75) is 6.61 Å². The Morgan fingerprint density at radius 3 is 2.47 bits per heavy atom. The third kappa shape index (κ3) is 2.55. The van der Waals surface area contributed by atoms with Crippen LogP contribution in [0.3, 0.4) is 0 Å². The summed E-state index contributed by atoms with van der Waals surface area (Å²) in [4.78, 5) is 4.21. The van der Waals surface area contributed by atoms with Gasteiger partial charge >= 0.3 is 0 Å². The quantitative estimate of drug-likeness (QED) is 0.840. The molecule has 0 aliphatic heterocycles. The molecule has 0 saturated heterocycles. The molecule has 0 amide bonds. The molecular weight excluding hydrogens is 280 g/mol. The van der Waals surface area contributed by atoms with Gasteiger partial charge in [0.15, 0.2) is 0 Å². The Morgan fingerprint density at radius 1 is 1.06 bits per heavy atom. The van der Waals surface area contributed by atoms with Crippen LogP contribution in [0, 0.1) is 0 Å². The molecule has 88 valence electrons. The van der Waals surface area contributed by atoms with Gasteiger partial charge in [-0.1, -0.05) is 40.9 Å². The predicted molar refractivity (Wildman–Crippen MR) is 70.6 cm³/mol. The highest BCUT2D eigenvalue weighted by atomic mass is 35.5. The van der Waals surface area contributed by atoms with Crippen LogP contribution in [0.4, 0.5) is 0 Å². The van der Waals surface area contributed by atoms with E-state index in [1.807, 2.05) is 0 Å². The van der Waals surface area contributed by atoms with Crippen LogP contribution in [-0.4, -0.2) is 10.1 Å². The van der Waals surface area contributed by atoms with E-state index in [1.54, 1.807) is 30.5 Å². The summed E-state index contributed by atoms with van der Waals surface area (Å²) in [5, 5.41) is 10.5. The molecule has 1 aromatic heterocycles. The van der Waals surface area contributed by atoms with Gasteiger partial charge in [-0.15, -0.1) is 0 Å². The molecular formula is C12H8Cl3NO. The van der Waals surface area contributed by atoms with Gasteiger partial charge in [-0.25, -0.2) is 0 Å². The average Bonchev–Trinajstić information content (AvgIpc) is 2.34. The van der Waals surface area contributed by atoms with Gasteiger partial charge in [0.1, 0.15) is 0 Å². The fourth-order valence-electron chi connectivity index (χ4n) is 1.51. The summed E-state index contributed by atoms with van der Waals surface area (Å²) in [6.45, 7) is -0.111. The normalized spacial score (nSPS) is 10.6. The predicted octanol–water partition coefficient (Wildman–Crippen LogP) is 4.20. The zero-order valence-electron chi connectivity index (χ0n) is 8.62. The fourth-order valence-corrected chi connectivity index (χ4v) is 2.15. The van der Waals surface area contributed by atoms with Crippen molar-refractivity contribution in [3.05, 3.63) is 51.1 Å². The monoisotopic (exact) mass is 287 g/mol. The van der Waals surface area contributed by atoms with Crippen LogP contribution in [0.2, 0.25) is 15.1 Å². The van der Waals surface area contributed by atoms with Gasteiger partial charge in [-0.3, -0.25) is 4.98 Å². The molecule has 1 heterocycles. The largest absolute Gasteiger partial charge is 0.392 e. The van der Waals surface area contributed by atoms with Crippen LogP contribution in [0.25, 0.3) is 11.3 Å². The zero-order chi connectivity index (χ0) is 12.4. The van der Waals surface area contributed by atoms with Gasteiger partial charge in [-0.2, -0.15) is 0 Å². The van der Waals surface area contributed by atoms with Crippen molar-refractivity contribution in [3.63, 3.8) is 0 Å². The zero-order valence-corrected chi connectivity index (χ0v) is 10.9. The summed E-state index contributed by atoms with van der Waals surface area (Å²) < 4.78 is 0. The summed E-state index contributed by atoms with van der Waals surface area (Å²) >= 11 is 17.9. The molecule has 0 fully saturated rings. The lowest BCUT2D eigenvalue weighted by Crippen LogP contribution is -1.93. The van der Waals surface area contributed by atoms with Crippen molar-refractivity contribution < 1.29 is 5.11 Å². The van der Waals surface area contributed by atoms with E-state index in [4.69, 9.17) is 34.8 Å². The summed E-state index contributed by atoms with van der Waals surface area (Å²) in [5.74, 6) is 0. The van der Waals surface area contributed by atoms with Gasteiger partial charge in [-0.05, 0) is 18.2 Å². The number of hydrogen-bond acceptors (Lipinski definition) is 2. The molecule has 0 saturated carbocycles. The first kappa shape index (κ1) is 12.7. The van der Waals surface area contributed by atoms with E-state index < -0.39 is 0 Å². The van der Waals surface area contributed by atoms with E-state index in [1.165, 1.54) is 0 Å². The Balaban J connectivity index is 2.64. The second kappa shape index (κ2) is 5.23. The molecule has 0 aliphatic carbocycles. The molecule has 0 atom stereocenters. The SMILES string of the molecule is OCc1cccnc1-c1cc(Cl)c(Cl)cc1Cl. The Bertz CT molecular complexity index is 557. The van der Waals surface area contributed by atoms with Crippen LogP contribution in [0.1, 0.15) is 5.56 Å². The van der Waals surface area contributed by atoms with Gasteiger partial charge in [0.2, 0.25) is 0 Å². The highest BCUT2D eigenvalue weighted by molar-refractivity contribution is 6.44. The van der Waals surface area contributed by atoms with Crippen LogP contribution < -0.4 is 0 Å². The summed E-state index contributed by atoms with van der Waals surface area (Å²) in [6.07, 6.45) is 1.63. The number of aromatic nitrogens is 1. The lowest BCUT2D eigenvalue weighted by molar-refractivity contribution is 0.282. The standard InChI is InChI=1S/C12H8Cl3NO/c13-9-5-11(15)10(14)4-8(9)12-7(6-17)2-1-3-16-12/h1-5,17H,6H2. The number of pyridine rings is 1. The maximum atomic E-state index is 9.25. The molecule has 17 heavy (non-hydrogen) atoms. The summed E-state index contributed by atoms with van der Waals surface area (Å²) in [6, 6.07) is 6.74. The minimum atomic E-state index is -0.111. The Kier molecular flexibility index (Phi) is 3.89. The van der Waals surface area contributed by atoms with E-state index in [2.05, 4.69) is 4.98 Å². The summed E-state index contributed by atoms with van der Waals surface area (Å²) in [5.41, 5.74) is 1.96. The van der Waals surface area contributed by atoms with Crippen LogP contribution in [-0.2, 0) is 6.61 Å². The van der Waals surface area contributed by atoms with Crippen molar-refractivity contribution >= 4 is 34.8 Å². The van der Waals surface area contributed by atoms with E-state index in [-0.39, 0.29) is 6.61 Å². The van der Waals surface area contributed by atoms with Crippen LogP contribution in [0.5, 0.6) is 0 Å². The first-order chi connectivity index (χ1) is 8.13. The molecule has 0 bridgehead atoms. The Hall–Kier alpha value is -0.800. The van der Waals surface area contributed by atoms with E-state index in [0.29, 0.717) is 31.9 Å². The van der Waals surface area contributed by atoms with Crippen LogP contribution >= 0.6 is 34.8 Å². The third-order valence-electron chi connectivity index (χ3n) is 2.33. The van der Waals surface area contributed by atoms with Crippen molar-refractivity contribution in [2.75, 3.05) is 0 Å². The number of aliphatic hydroxyl groups excluding tert-OH is 1. The van der Waals surface area contributed by atoms with Crippen molar-refractivity contribution in [3.8, 4) is 11.3 Å². The Morgan fingerprint density at radius 2 is 1.76 bits per heavy atom. The Labute approximate surface area is 114 Å². The van der Waals surface area contributed by atoms with Gasteiger partial charge in [0.05, 0.1) is 27.4 Å². The fraction of sp³-hybridized carbons (Fsp3) is 0.0833. The molecule has 0 spiro atoms. The topological polar surface area (TPSA) is 33.1 Å². The lowest BCUT2D eigenvalue weighted by atomic mass is 10.1. The number of nitrogens with zero attached hydrogens (tertiary/aromatic N) is 1. The molecule has 5 heteroatoms. The number of hydrogen-bond donors (Lipinski definition) is 1. The van der Waals surface area contributed by atoms with Gasteiger partial charge in [0, 0.05) is 17.3 Å². The maximum absolute atomic E-state index is 9.25. The smallest absolute Gasteiger partial charge is 0.0772 e. The number of rotatable bonds is 2. The maximum Gasteiger partial charge on any atom is 0.0772 e. The second-order valence-electron chi connectivity index (χ2n) is 3.42. The molecule has 2 aromatic rings. The first-order valence-electron chi connectivity index (χ1n) is 4.83. The minimum Gasteiger partial charge on any atom is -0.392 e.